The topological polar surface area (TPSA) is 81.2 Å². The Morgan fingerprint density at radius 1 is 1.42 bits per heavy atom. The van der Waals surface area contributed by atoms with Crippen molar-refractivity contribution < 1.29 is 9.34 Å². The van der Waals surface area contributed by atoms with Crippen molar-refractivity contribution in [2.75, 3.05) is 5.32 Å². The molecule has 0 saturated carbocycles. The van der Waals surface area contributed by atoms with E-state index in [2.05, 4.69) is 10.3 Å². The number of aromatic nitrogens is 1. The molecule has 1 aromatic carbocycles. The highest BCUT2D eigenvalue weighted by Gasteiger charge is 2.14. The normalized spacial score (nSPS) is 12.2. The number of nitro groups is 1. The summed E-state index contributed by atoms with van der Waals surface area (Å²) in [6.07, 6.45) is 1.66. The van der Waals surface area contributed by atoms with E-state index in [0.29, 0.717) is 11.5 Å². The summed E-state index contributed by atoms with van der Waals surface area (Å²) in [6, 6.07) is 4.81. The molecule has 100 valence electrons. The number of aryl methyl sites for hydroxylation is 2. The van der Waals surface area contributed by atoms with Crippen LogP contribution in [0.5, 0.6) is 0 Å². The largest absolute Gasteiger partial charge is 0.444 e. The number of rotatable bonds is 4. The first-order valence-corrected chi connectivity index (χ1v) is 5.91. The maximum Gasteiger partial charge on any atom is 0.272 e. The summed E-state index contributed by atoms with van der Waals surface area (Å²) < 4.78 is 5.43. The lowest BCUT2D eigenvalue weighted by atomic mass is 10.1. The molecular formula is C13H15N3O3. The van der Waals surface area contributed by atoms with Gasteiger partial charge in [-0.3, -0.25) is 10.1 Å². The van der Waals surface area contributed by atoms with E-state index in [4.69, 9.17) is 4.42 Å². The monoisotopic (exact) mass is 261 g/mol. The average molecular weight is 261 g/mol. The molecule has 0 aliphatic carbocycles. The van der Waals surface area contributed by atoms with Crippen molar-refractivity contribution in [3.63, 3.8) is 0 Å². The quantitative estimate of drug-likeness (QED) is 0.674. The van der Waals surface area contributed by atoms with Crippen molar-refractivity contribution in [3.05, 3.63) is 51.7 Å². The minimum atomic E-state index is -0.389. The Hall–Kier alpha value is -2.37. The van der Waals surface area contributed by atoms with Crippen molar-refractivity contribution in [3.8, 4) is 0 Å². The highest BCUT2D eigenvalue weighted by Crippen LogP contribution is 2.24. The molecule has 0 aliphatic heterocycles. The number of nitrogens with one attached hydrogen (secondary N) is 1. The van der Waals surface area contributed by atoms with Crippen molar-refractivity contribution >= 4 is 11.4 Å². The standard InChI is InChI=1S/C13H15N3O3/c1-8-6-11(4-5-12(8)16(17)18)15-10(3)13-14-7-9(2)19-13/h4-7,10,15H,1-3H3. The molecule has 1 unspecified atom stereocenters. The van der Waals surface area contributed by atoms with Crippen molar-refractivity contribution in [2.24, 2.45) is 0 Å². The second kappa shape index (κ2) is 5.09. The third-order valence-electron chi connectivity index (χ3n) is 2.79. The molecule has 0 saturated heterocycles. The van der Waals surface area contributed by atoms with Gasteiger partial charge in [0.1, 0.15) is 11.8 Å². The van der Waals surface area contributed by atoms with Crippen LogP contribution in [0.2, 0.25) is 0 Å². The van der Waals surface area contributed by atoms with Crippen LogP contribution in [0.3, 0.4) is 0 Å². The molecule has 0 spiro atoms. The molecule has 0 amide bonds. The lowest BCUT2D eigenvalue weighted by Crippen LogP contribution is -2.07. The molecule has 1 N–H and O–H groups in total. The second-order valence-corrected chi connectivity index (χ2v) is 4.43. The van der Waals surface area contributed by atoms with Crippen LogP contribution in [-0.2, 0) is 0 Å². The predicted molar refractivity (Wildman–Crippen MR) is 71.1 cm³/mol. The molecule has 0 bridgehead atoms. The fourth-order valence-electron chi connectivity index (χ4n) is 1.83. The van der Waals surface area contributed by atoms with Crippen LogP contribution in [0.15, 0.2) is 28.8 Å². The Morgan fingerprint density at radius 3 is 2.68 bits per heavy atom. The number of oxazole rings is 1. The Balaban J connectivity index is 2.15. The highest BCUT2D eigenvalue weighted by atomic mass is 16.6. The van der Waals surface area contributed by atoms with E-state index in [1.54, 1.807) is 25.3 Å². The minimum absolute atomic E-state index is 0.102. The van der Waals surface area contributed by atoms with Crippen LogP contribution in [0.4, 0.5) is 11.4 Å². The molecule has 19 heavy (non-hydrogen) atoms. The number of hydrogen-bond acceptors (Lipinski definition) is 5. The Labute approximate surface area is 110 Å². The summed E-state index contributed by atoms with van der Waals surface area (Å²) in [6.45, 7) is 5.46. The van der Waals surface area contributed by atoms with Crippen molar-refractivity contribution in [1.29, 1.82) is 0 Å². The van der Waals surface area contributed by atoms with Gasteiger partial charge in [0.2, 0.25) is 5.89 Å². The zero-order valence-electron chi connectivity index (χ0n) is 11.0. The van der Waals surface area contributed by atoms with Gasteiger partial charge in [0.15, 0.2) is 0 Å². The summed E-state index contributed by atoms with van der Waals surface area (Å²) in [7, 11) is 0. The van der Waals surface area contributed by atoms with Gasteiger partial charge in [-0.1, -0.05) is 0 Å². The first-order chi connectivity index (χ1) is 8.97. The molecular weight excluding hydrogens is 246 g/mol. The average Bonchev–Trinajstić information content (AvgIpc) is 2.75. The van der Waals surface area contributed by atoms with Crippen LogP contribution in [0.25, 0.3) is 0 Å². The van der Waals surface area contributed by atoms with E-state index >= 15 is 0 Å². The first-order valence-electron chi connectivity index (χ1n) is 5.91. The number of anilines is 1. The first kappa shape index (κ1) is 13.1. The number of nitrogens with zero attached hydrogens (tertiary/aromatic N) is 2. The number of hydrogen-bond donors (Lipinski definition) is 1. The van der Waals surface area contributed by atoms with Gasteiger partial charge in [0.25, 0.3) is 5.69 Å². The zero-order chi connectivity index (χ0) is 14.0. The van der Waals surface area contributed by atoms with E-state index in [9.17, 15) is 10.1 Å². The minimum Gasteiger partial charge on any atom is -0.444 e. The van der Waals surface area contributed by atoms with Crippen LogP contribution < -0.4 is 5.32 Å². The van der Waals surface area contributed by atoms with Crippen LogP contribution in [-0.4, -0.2) is 9.91 Å². The fourth-order valence-corrected chi connectivity index (χ4v) is 1.83. The Kier molecular flexibility index (Phi) is 3.50. The Morgan fingerprint density at radius 2 is 2.16 bits per heavy atom. The summed E-state index contributed by atoms with van der Waals surface area (Å²) in [5.74, 6) is 1.34. The summed E-state index contributed by atoms with van der Waals surface area (Å²) in [5.41, 5.74) is 1.53. The van der Waals surface area contributed by atoms with Crippen LogP contribution in [0.1, 0.15) is 30.2 Å². The maximum atomic E-state index is 10.7. The molecule has 6 nitrogen and oxygen atoms in total. The van der Waals surface area contributed by atoms with E-state index in [-0.39, 0.29) is 16.7 Å². The van der Waals surface area contributed by atoms with Crippen LogP contribution >= 0.6 is 0 Å². The second-order valence-electron chi connectivity index (χ2n) is 4.43. The van der Waals surface area contributed by atoms with Gasteiger partial charge < -0.3 is 9.73 Å². The number of benzene rings is 1. The van der Waals surface area contributed by atoms with Gasteiger partial charge in [0, 0.05) is 17.3 Å². The summed E-state index contributed by atoms with van der Waals surface area (Å²) in [4.78, 5) is 14.5. The van der Waals surface area contributed by atoms with Gasteiger partial charge in [-0.25, -0.2) is 4.98 Å². The third kappa shape index (κ3) is 2.90. The fraction of sp³-hybridized carbons (Fsp3) is 0.308. The third-order valence-corrected chi connectivity index (χ3v) is 2.79. The Bertz CT molecular complexity index is 607. The van der Waals surface area contributed by atoms with Gasteiger partial charge in [-0.05, 0) is 32.9 Å². The highest BCUT2D eigenvalue weighted by molar-refractivity contribution is 5.54. The van der Waals surface area contributed by atoms with Crippen LogP contribution in [0, 0.1) is 24.0 Å². The van der Waals surface area contributed by atoms with E-state index < -0.39 is 0 Å². The van der Waals surface area contributed by atoms with Gasteiger partial charge in [-0.15, -0.1) is 0 Å². The summed E-state index contributed by atoms with van der Waals surface area (Å²) in [5, 5.41) is 13.9. The van der Waals surface area contributed by atoms with Gasteiger partial charge in [0.05, 0.1) is 11.1 Å². The SMILES string of the molecule is Cc1cnc(C(C)Nc2ccc([N+](=O)[O-])c(C)c2)o1. The molecule has 1 aromatic heterocycles. The van der Waals surface area contributed by atoms with E-state index in [1.807, 2.05) is 13.8 Å². The van der Waals surface area contributed by atoms with Crippen molar-refractivity contribution in [2.45, 2.75) is 26.8 Å². The smallest absolute Gasteiger partial charge is 0.272 e. The van der Waals surface area contributed by atoms with E-state index in [0.717, 1.165) is 11.4 Å². The lowest BCUT2D eigenvalue weighted by Gasteiger charge is -2.12. The predicted octanol–water partition coefficient (Wildman–Crippen LogP) is 3.37. The molecule has 1 atom stereocenters. The van der Waals surface area contributed by atoms with Crippen molar-refractivity contribution in [1.82, 2.24) is 4.98 Å². The zero-order valence-corrected chi connectivity index (χ0v) is 11.0. The number of nitro benzene ring substituents is 1. The molecule has 0 fully saturated rings. The van der Waals surface area contributed by atoms with Gasteiger partial charge in [-0.2, -0.15) is 0 Å². The molecule has 2 aromatic rings. The maximum absolute atomic E-state index is 10.7. The summed E-state index contributed by atoms with van der Waals surface area (Å²) >= 11 is 0. The molecule has 0 radical (unpaired) electrons. The lowest BCUT2D eigenvalue weighted by molar-refractivity contribution is -0.385. The molecule has 0 aliphatic rings. The van der Waals surface area contributed by atoms with Gasteiger partial charge >= 0.3 is 0 Å². The molecule has 1 heterocycles. The van der Waals surface area contributed by atoms with E-state index in [1.165, 1.54) is 6.07 Å². The molecule has 6 heteroatoms. The molecule has 2 rings (SSSR count).